The lowest BCUT2D eigenvalue weighted by atomic mass is 9.95. The van der Waals surface area contributed by atoms with E-state index in [2.05, 4.69) is 24.1 Å². The van der Waals surface area contributed by atoms with Gasteiger partial charge >= 0.3 is 0 Å². The van der Waals surface area contributed by atoms with Crippen LogP contribution >= 0.6 is 0 Å². The fourth-order valence-electron chi connectivity index (χ4n) is 2.66. The Hall–Kier alpha value is -0.0800. The Morgan fingerprint density at radius 1 is 1.06 bits per heavy atom. The van der Waals surface area contributed by atoms with Crippen LogP contribution < -0.4 is 5.32 Å². The summed E-state index contributed by atoms with van der Waals surface area (Å²) in [4.78, 5) is 2.56. The van der Waals surface area contributed by atoms with Crippen molar-refractivity contribution >= 4 is 0 Å². The number of hydrogen-bond acceptors (Lipinski definition) is 2. The first-order chi connectivity index (χ1) is 7.86. The van der Waals surface area contributed by atoms with E-state index in [9.17, 15) is 0 Å². The average Bonchev–Trinajstić information content (AvgIpc) is 2.34. The first kappa shape index (κ1) is 14.0. The molecule has 0 aliphatic heterocycles. The first-order valence-electron chi connectivity index (χ1n) is 7.32. The molecule has 1 saturated carbocycles. The van der Waals surface area contributed by atoms with E-state index in [0.29, 0.717) is 0 Å². The Morgan fingerprint density at radius 3 is 2.44 bits per heavy atom. The molecule has 1 aliphatic carbocycles. The van der Waals surface area contributed by atoms with Crippen LogP contribution in [0.4, 0.5) is 0 Å². The Balaban J connectivity index is 1.97. The maximum atomic E-state index is 3.72. The van der Waals surface area contributed by atoms with E-state index in [1.54, 1.807) is 0 Å². The van der Waals surface area contributed by atoms with E-state index in [1.807, 2.05) is 0 Å². The summed E-state index contributed by atoms with van der Waals surface area (Å²) in [5.74, 6) is 0. The molecule has 1 fully saturated rings. The number of rotatable bonds is 8. The summed E-state index contributed by atoms with van der Waals surface area (Å²) in [6.45, 7) is 9.49. The lowest BCUT2D eigenvalue weighted by Gasteiger charge is -2.24. The zero-order chi connectivity index (χ0) is 11.6. The molecule has 1 aliphatic rings. The van der Waals surface area contributed by atoms with Gasteiger partial charge in [-0.1, -0.05) is 33.1 Å². The summed E-state index contributed by atoms with van der Waals surface area (Å²) >= 11 is 0. The molecule has 0 heterocycles. The molecule has 1 N–H and O–H groups in total. The Labute approximate surface area is 102 Å². The zero-order valence-corrected chi connectivity index (χ0v) is 11.3. The highest BCUT2D eigenvalue weighted by molar-refractivity contribution is 4.71. The summed E-state index contributed by atoms with van der Waals surface area (Å²) < 4.78 is 0. The van der Waals surface area contributed by atoms with Gasteiger partial charge < -0.3 is 10.2 Å². The fraction of sp³-hybridized carbons (Fsp3) is 1.00. The van der Waals surface area contributed by atoms with Gasteiger partial charge in [0.1, 0.15) is 0 Å². The van der Waals surface area contributed by atoms with E-state index in [0.717, 1.165) is 6.04 Å². The zero-order valence-electron chi connectivity index (χ0n) is 11.3. The highest BCUT2D eigenvalue weighted by Gasteiger charge is 2.11. The highest BCUT2D eigenvalue weighted by atomic mass is 15.1. The van der Waals surface area contributed by atoms with Gasteiger partial charge in [-0.05, 0) is 51.9 Å². The quantitative estimate of drug-likeness (QED) is 0.640. The monoisotopic (exact) mass is 226 g/mol. The Morgan fingerprint density at radius 2 is 1.81 bits per heavy atom. The Bertz CT molecular complexity index is 146. The summed E-state index contributed by atoms with van der Waals surface area (Å²) in [5.41, 5.74) is 0. The van der Waals surface area contributed by atoms with Crippen LogP contribution in [0.3, 0.4) is 0 Å². The summed E-state index contributed by atoms with van der Waals surface area (Å²) in [6, 6.07) is 0.829. The SMILES string of the molecule is CCCN(CC)CCCNC1CCCCC1. The van der Waals surface area contributed by atoms with Gasteiger partial charge in [0, 0.05) is 6.04 Å². The van der Waals surface area contributed by atoms with Crippen molar-refractivity contribution in [1.82, 2.24) is 10.2 Å². The van der Waals surface area contributed by atoms with E-state index < -0.39 is 0 Å². The van der Waals surface area contributed by atoms with Crippen molar-refractivity contribution in [3.05, 3.63) is 0 Å². The van der Waals surface area contributed by atoms with Gasteiger partial charge in [0.2, 0.25) is 0 Å². The molecular weight excluding hydrogens is 196 g/mol. The molecule has 0 amide bonds. The molecule has 0 radical (unpaired) electrons. The molecule has 1 rings (SSSR count). The molecule has 2 heteroatoms. The van der Waals surface area contributed by atoms with Crippen LogP contribution in [0.2, 0.25) is 0 Å². The Kier molecular flexibility index (Phi) is 7.87. The largest absolute Gasteiger partial charge is 0.314 e. The minimum atomic E-state index is 0.829. The van der Waals surface area contributed by atoms with Crippen molar-refractivity contribution in [3.8, 4) is 0 Å². The van der Waals surface area contributed by atoms with Crippen molar-refractivity contribution in [2.45, 2.75) is 64.8 Å². The van der Waals surface area contributed by atoms with Crippen molar-refractivity contribution in [1.29, 1.82) is 0 Å². The molecule has 0 aromatic heterocycles. The van der Waals surface area contributed by atoms with Crippen LogP contribution in [-0.4, -0.2) is 37.1 Å². The molecule has 0 atom stereocenters. The smallest absolute Gasteiger partial charge is 0.00670 e. The summed E-state index contributed by atoms with van der Waals surface area (Å²) in [5, 5.41) is 3.72. The topological polar surface area (TPSA) is 15.3 Å². The van der Waals surface area contributed by atoms with Crippen molar-refractivity contribution in [2.75, 3.05) is 26.2 Å². The van der Waals surface area contributed by atoms with Gasteiger partial charge in [-0.15, -0.1) is 0 Å². The molecule has 0 aromatic carbocycles. The van der Waals surface area contributed by atoms with Gasteiger partial charge in [0.15, 0.2) is 0 Å². The predicted octanol–water partition coefficient (Wildman–Crippen LogP) is 3.03. The second-order valence-electron chi connectivity index (χ2n) is 5.08. The maximum Gasteiger partial charge on any atom is 0.00670 e. The van der Waals surface area contributed by atoms with Gasteiger partial charge in [-0.25, -0.2) is 0 Å². The molecule has 0 saturated heterocycles. The van der Waals surface area contributed by atoms with E-state index in [1.165, 1.54) is 71.1 Å². The summed E-state index contributed by atoms with van der Waals surface area (Å²) in [6.07, 6.45) is 9.74. The first-order valence-corrected chi connectivity index (χ1v) is 7.32. The van der Waals surface area contributed by atoms with Crippen LogP contribution in [0, 0.1) is 0 Å². The van der Waals surface area contributed by atoms with E-state index >= 15 is 0 Å². The molecule has 16 heavy (non-hydrogen) atoms. The van der Waals surface area contributed by atoms with Crippen molar-refractivity contribution in [3.63, 3.8) is 0 Å². The summed E-state index contributed by atoms with van der Waals surface area (Å²) in [7, 11) is 0. The standard InChI is InChI=1S/C14H30N2/c1-3-12-16(4-2)13-8-11-15-14-9-6-5-7-10-14/h14-15H,3-13H2,1-2H3. The molecule has 0 aromatic rings. The third-order valence-corrected chi connectivity index (χ3v) is 3.68. The normalized spacial score (nSPS) is 18.2. The molecule has 0 bridgehead atoms. The highest BCUT2D eigenvalue weighted by Crippen LogP contribution is 2.17. The number of nitrogens with one attached hydrogen (secondary N) is 1. The van der Waals surface area contributed by atoms with Crippen LogP contribution in [0.25, 0.3) is 0 Å². The second kappa shape index (κ2) is 9.00. The van der Waals surface area contributed by atoms with Crippen molar-refractivity contribution in [2.24, 2.45) is 0 Å². The lowest BCUT2D eigenvalue weighted by molar-refractivity contribution is 0.277. The van der Waals surface area contributed by atoms with Crippen molar-refractivity contribution < 1.29 is 0 Å². The molecule has 96 valence electrons. The third kappa shape index (κ3) is 5.86. The molecule has 2 nitrogen and oxygen atoms in total. The minimum Gasteiger partial charge on any atom is -0.314 e. The van der Waals surface area contributed by atoms with E-state index in [4.69, 9.17) is 0 Å². The van der Waals surface area contributed by atoms with Crippen LogP contribution in [0.5, 0.6) is 0 Å². The van der Waals surface area contributed by atoms with Crippen LogP contribution in [-0.2, 0) is 0 Å². The number of hydrogen-bond donors (Lipinski definition) is 1. The molecule has 0 unspecified atom stereocenters. The predicted molar refractivity (Wildman–Crippen MR) is 71.9 cm³/mol. The third-order valence-electron chi connectivity index (χ3n) is 3.68. The lowest BCUT2D eigenvalue weighted by Crippen LogP contribution is -2.34. The van der Waals surface area contributed by atoms with Gasteiger partial charge in [0.25, 0.3) is 0 Å². The molecular formula is C14H30N2. The van der Waals surface area contributed by atoms with Crippen LogP contribution in [0.1, 0.15) is 58.8 Å². The van der Waals surface area contributed by atoms with E-state index in [-0.39, 0.29) is 0 Å². The van der Waals surface area contributed by atoms with Gasteiger partial charge in [-0.2, -0.15) is 0 Å². The van der Waals surface area contributed by atoms with Crippen LogP contribution in [0.15, 0.2) is 0 Å². The number of nitrogens with zero attached hydrogens (tertiary/aromatic N) is 1. The second-order valence-corrected chi connectivity index (χ2v) is 5.08. The minimum absolute atomic E-state index is 0.829. The maximum absolute atomic E-state index is 3.72. The average molecular weight is 226 g/mol. The van der Waals surface area contributed by atoms with Gasteiger partial charge in [0.05, 0.1) is 0 Å². The van der Waals surface area contributed by atoms with Gasteiger partial charge in [-0.3, -0.25) is 0 Å². The fourth-order valence-corrected chi connectivity index (χ4v) is 2.66. The molecule has 0 spiro atoms.